The average Bonchev–Trinajstić information content (AvgIpc) is 3.73. The van der Waals surface area contributed by atoms with E-state index < -0.39 is 17.2 Å². The number of nitrogens with one attached hydrogen (secondary N) is 1. The lowest BCUT2D eigenvalue weighted by Gasteiger charge is -2.42. The molecule has 6 rings (SSSR count). The first-order valence-electron chi connectivity index (χ1n) is 16.9. The first-order chi connectivity index (χ1) is 23.1. The van der Waals surface area contributed by atoms with Crippen LogP contribution in [0, 0.1) is 5.82 Å². The molecule has 0 amide bonds. The second-order valence-electron chi connectivity index (χ2n) is 13.0. The maximum absolute atomic E-state index is 15.9. The molecule has 1 aliphatic carbocycles. The van der Waals surface area contributed by atoms with E-state index in [9.17, 15) is 14.7 Å². The van der Waals surface area contributed by atoms with Crippen LogP contribution in [0.5, 0.6) is 0 Å². The molecule has 2 aromatic carbocycles. The van der Waals surface area contributed by atoms with Gasteiger partial charge in [-0.25, -0.2) is 13.7 Å². The van der Waals surface area contributed by atoms with Crippen LogP contribution in [0.1, 0.15) is 95.5 Å². The Morgan fingerprint density at radius 1 is 1.10 bits per heavy atom. The van der Waals surface area contributed by atoms with Gasteiger partial charge in [0.2, 0.25) is 5.78 Å². The first kappa shape index (κ1) is 33.5. The van der Waals surface area contributed by atoms with Crippen molar-refractivity contribution in [3.63, 3.8) is 0 Å². The van der Waals surface area contributed by atoms with Gasteiger partial charge in [0.1, 0.15) is 12.1 Å². The highest BCUT2D eigenvalue weighted by atomic mass is 19.1. The summed E-state index contributed by atoms with van der Waals surface area (Å²) in [5.41, 5.74) is 2.49. The van der Waals surface area contributed by atoms with Crippen molar-refractivity contribution in [3.8, 4) is 22.5 Å². The van der Waals surface area contributed by atoms with E-state index in [2.05, 4.69) is 31.7 Å². The lowest BCUT2D eigenvalue weighted by Crippen LogP contribution is -2.49. The number of aliphatic hydroxyl groups is 1. The molecule has 1 unspecified atom stereocenters. The van der Waals surface area contributed by atoms with Crippen LogP contribution in [0.3, 0.4) is 0 Å². The molecule has 2 N–H and O–H groups in total. The first-order valence-corrected chi connectivity index (χ1v) is 16.9. The summed E-state index contributed by atoms with van der Waals surface area (Å²) in [4.78, 5) is 33.0. The van der Waals surface area contributed by atoms with Gasteiger partial charge in [-0.05, 0) is 81.5 Å². The van der Waals surface area contributed by atoms with Gasteiger partial charge in [-0.1, -0.05) is 61.8 Å². The molecule has 0 saturated heterocycles. The van der Waals surface area contributed by atoms with Gasteiger partial charge in [0, 0.05) is 23.6 Å². The molecule has 0 radical (unpaired) electrons. The molecule has 0 spiro atoms. The van der Waals surface area contributed by atoms with E-state index in [1.54, 1.807) is 33.3 Å². The largest absolute Gasteiger partial charge is 0.439 e. The molecule has 0 aliphatic heterocycles. The lowest BCUT2D eigenvalue weighted by atomic mass is 9.76. The number of benzene rings is 2. The number of aromatic amines is 1. The third-order valence-corrected chi connectivity index (χ3v) is 9.84. The fourth-order valence-electron chi connectivity index (χ4n) is 6.77. The Labute approximate surface area is 277 Å². The van der Waals surface area contributed by atoms with Gasteiger partial charge in [0.15, 0.2) is 5.82 Å². The fourth-order valence-corrected chi connectivity index (χ4v) is 6.77. The van der Waals surface area contributed by atoms with Crippen LogP contribution in [0.4, 0.5) is 4.39 Å². The van der Waals surface area contributed by atoms with Crippen molar-refractivity contribution < 1.29 is 18.8 Å². The van der Waals surface area contributed by atoms with Gasteiger partial charge in [0.05, 0.1) is 23.5 Å². The van der Waals surface area contributed by atoms with Crippen molar-refractivity contribution in [2.75, 3.05) is 0 Å². The van der Waals surface area contributed by atoms with Gasteiger partial charge in [-0.2, -0.15) is 10.1 Å². The van der Waals surface area contributed by atoms with E-state index in [0.29, 0.717) is 52.9 Å². The fraction of sp³-hybridized carbons (Fsp3) is 0.472. The topological polar surface area (TPSA) is 141 Å². The Bertz CT molecular complexity index is 2010. The van der Waals surface area contributed by atoms with E-state index in [0.717, 1.165) is 37.8 Å². The standard InChI is InChI=1S/C36H43FN6O5/c1-5-10-31-29(19-25-15-14-24(20-30(25)37)27-11-7-8-12-28(27)32-40-35(45)48-41-32)33(44)42(34-38-21-39-43(31)34)22(3)13-16-26(6-2)47-23(4)36(46)17-9-18-36/h7-8,11-12,14-15,20-23,26,46H,5-6,9-10,13,16-19H2,1-4H3,(H,40,41,45)/t22-,23?,26-/m0/s1. The van der Waals surface area contributed by atoms with E-state index >= 15 is 4.39 Å². The molecule has 1 fully saturated rings. The number of hydrogen-bond donors (Lipinski definition) is 2. The van der Waals surface area contributed by atoms with Gasteiger partial charge in [-0.15, -0.1) is 0 Å². The zero-order valence-corrected chi connectivity index (χ0v) is 27.9. The molecular weight excluding hydrogens is 615 g/mol. The summed E-state index contributed by atoms with van der Waals surface area (Å²) >= 11 is 0. The van der Waals surface area contributed by atoms with Crippen LogP contribution in [0.15, 0.2) is 62.9 Å². The quantitative estimate of drug-likeness (QED) is 0.148. The van der Waals surface area contributed by atoms with Crippen molar-refractivity contribution >= 4 is 5.78 Å². The summed E-state index contributed by atoms with van der Waals surface area (Å²) in [7, 11) is 0. The normalized spacial score (nSPS) is 16.1. The molecule has 5 aromatic rings. The second-order valence-corrected chi connectivity index (χ2v) is 13.0. The Morgan fingerprint density at radius 3 is 2.52 bits per heavy atom. The van der Waals surface area contributed by atoms with Gasteiger partial charge in [0.25, 0.3) is 5.56 Å². The SMILES string of the molecule is CCCc1c(Cc2ccc(-c3ccccc3-c3noc(=O)[nH]3)cc2F)c(=O)n([C@@H](C)CC[C@H](CC)OC(C)C2(O)CCC2)c2ncnn12. The number of aromatic nitrogens is 6. The monoisotopic (exact) mass is 658 g/mol. The van der Waals surface area contributed by atoms with Crippen LogP contribution in [-0.4, -0.2) is 52.2 Å². The number of hydrogen-bond acceptors (Lipinski definition) is 8. The Balaban J connectivity index is 1.30. The van der Waals surface area contributed by atoms with Crippen molar-refractivity contribution in [1.82, 2.24) is 29.3 Å². The maximum Gasteiger partial charge on any atom is 0.439 e. The molecule has 3 heterocycles. The summed E-state index contributed by atoms with van der Waals surface area (Å²) in [5, 5.41) is 19.0. The number of rotatable bonds is 14. The molecule has 3 aromatic heterocycles. The predicted octanol–water partition coefficient (Wildman–Crippen LogP) is 6.02. The summed E-state index contributed by atoms with van der Waals surface area (Å²) < 4.78 is 30.3. The van der Waals surface area contributed by atoms with E-state index in [1.807, 2.05) is 32.9 Å². The summed E-state index contributed by atoms with van der Waals surface area (Å²) in [6.07, 6.45) is 7.25. The number of fused-ring (bicyclic) bond motifs is 1. The molecule has 3 atom stereocenters. The van der Waals surface area contributed by atoms with Crippen LogP contribution in [0.25, 0.3) is 28.3 Å². The molecule has 0 bridgehead atoms. The van der Waals surface area contributed by atoms with E-state index in [-0.39, 0.29) is 36.1 Å². The third kappa shape index (κ3) is 6.51. The minimum absolute atomic E-state index is 0.0576. The van der Waals surface area contributed by atoms with Crippen LogP contribution in [0.2, 0.25) is 0 Å². The van der Waals surface area contributed by atoms with Crippen molar-refractivity contribution in [3.05, 3.63) is 92.3 Å². The molecule has 254 valence electrons. The van der Waals surface area contributed by atoms with Crippen molar-refractivity contribution in [2.45, 2.75) is 109 Å². The molecule has 12 heteroatoms. The third-order valence-electron chi connectivity index (χ3n) is 9.84. The summed E-state index contributed by atoms with van der Waals surface area (Å²) in [5.74, 6) is -0.419. The predicted molar refractivity (Wildman–Crippen MR) is 179 cm³/mol. The van der Waals surface area contributed by atoms with E-state index in [1.165, 1.54) is 12.4 Å². The van der Waals surface area contributed by atoms with Crippen molar-refractivity contribution in [2.24, 2.45) is 0 Å². The van der Waals surface area contributed by atoms with Crippen LogP contribution >= 0.6 is 0 Å². The van der Waals surface area contributed by atoms with E-state index in [4.69, 9.17) is 4.74 Å². The van der Waals surface area contributed by atoms with Crippen molar-refractivity contribution in [1.29, 1.82) is 0 Å². The molecular formula is C36H43FN6O5. The average molecular weight is 659 g/mol. The zero-order chi connectivity index (χ0) is 34.0. The minimum atomic E-state index is -0.748. The summed E-state index contributed by atoms with van der Waals surface area (Å²) in [6, 6.07) is 11.9. The van der Waals surface area contributed by atoms with Crippen LogP contribution < -0.4 is 11.3 Å². The summed E-state index contributed by atoms with van der Waals surface area (Å²) in [6.45, 7) is 8.03. The zero-order valence-electron chi connectivity index (χ0n) is 27.9. The highest BCUT2D eigenvalue weighted by molar-refractivity contribution is 5.80. The molecule has 11 nitrogen and oxygen atoms in total. The second kappa shape index (κ2) is 14.0. The highest BCUT2D eigenvalue weighted by Crippen LogP contribution is 2.37. The number of H-pyrrole nitrogens is 1. The molecule has 1 saturated carbocycles. The lowest BCUT2D eigenvalue weighted by molar-refractivity contribution is -0.164. The number of aryl methyl sites for hydroxylation is 1. The van der Waals surface area contributed by atoms with Gasteiger partial charge < -0.3 is 9.84 Å². The number of nitrogens with zero attached hydrogens (tertiary/aromatic N) is 5. The van der Waals surface area contributed by atoms with Gasteiger partial charge >= 0.3 is 5.76 Å². The highest BCUT2D eigenvalue weighted by Gasteiger charge is 2.41. The Kier molecular flexibility index (Phi) is 9.75. The minimum Gasteiger partial charge on any atom is -0.387 e. The smallest absolute Gasteiger partial charge is 0.387 e. The number of ether oxygens (including phenoxy) is 1. The number of halogens is 1. The van der Waals surface area contributed by atoms with Crippen LogP contribution in [-0.2, 0) is 17.6 Å². The molecule has 1 aliphatic rings. The Hall–Kier alpha value is -4.42. The Morgan fingerprint density at radius 2 is 1.88 bits per heavy atom. The molecule has 48 heavy (non-hydrogen) atoms. The van der Waals surface area contributed by atoms with Gasteiger partial charge in [-0.3, -0.25) is 18.9 Å². The maximum atomic E-state index is 15.9.